The highest BCUT2D eigenvalue weighted by Crippen LogP contribution is 2.64. The van der Waals surface area contributed by atoms with Gasteiger partial charge in [-0.15, -0.1) is 0 Å². The lowest BCUT2D eigenvalue weighted by molar-refractivity contribution is 0.0865. The minimum atomic E-state index is -2.35. The van der Waals surface area contributed by atoms with Gasteiger partial charge in [-0.2, -0.15) is 0 Å². The summed E-state index contributed by atoms with van der Waals surface area (Å²) in [5.74, 6) is 1.74. The van der Waals surface area contributed by atoms with Crippen molar-refractivity contribution in [3.05, 3.63) is 0 Å². The van der Waals surface area contributed by atoms with Crippen molar-refractivity contribution in [3.8, 4) is 0 Å². The maximum atomic E-state index is 5.77. The van der Waals surface area contributed by atoms with Crippen LogP contribution in [0.4, 0.5) is 0 Å². The second-order valence-corrected chi connectivity index (χ2v) is 7.24. The van der Waals surface area contributed by atoms with Gasteiger partial charge in [-0.1, -0.05) is 0 Å². The molecule has 0 fully saturated rings. The lowest BCUT2D eigenvalue weighted by Gasteiger charge is -2.34. The van der Waals surface area contributed by atoms with E-state index in [1.807, 2.05) is 41.5 Å². The minimum Gasteiger partial charge on any atom is -0.369 e. The fraction of sp³-hybridized carbons (Fsp3) is 1.00. The van der Waals surface area contributed by atoms with Gasteiger partial charge in [0.2, 0.25) is 0 Å². The third-order valence-electron chi connectivity index (χ3n) is 1.19. The normalized spacial score (nSPS) is 13.2. The van der Waals surface area contributed by atoms with Crippen LogP contribution in [0.2, 0.25) is 0 Å². The van der Waals surface area contributed by atoms with Gasteiger partial charge in [0.1, 0.15) is 5.82 Å². The van der Waals surface area contributed by atoms with E-state index in [0.29, 0.717) is 0 Å². The molecule has 2 radical (unpaired) electrons. The molecule has 0 unspecified atom stereocenters. The third kappa shape index (κ3) is 6.90. The summed E-state index contributed by atoms with van der Waals surface area (Å²) in [6.07, 6.45) is 0.221. The third-order valence-corrected chi connectivity index (χ3v) is 5.08. The number of hydrogen-bond acceptors (Lipinski definition) is 3. The molecule has 0 saturated heterocycles. The molecule has 0 spiro atoms. The van der Waals surface area contributed by atoms with Gasteiger partial charge in [0.15, 0.2) is 7.82 Å². The Bertz CT molecular complexity index is 152. The monoisotopic (exact) mass is 298 g/mol. The molecule has 0 aliphatic heterocycles. The maximum Gasteiger partial charge on any atom is 0.183 e. The summed E-state index contributed by atoms with van der Waals surface area (Å²) in [5.41, 5.74) is 0. The molecule has 3 nitrogen and oxygen atoms in total. The zero-order valence-electron chi connectivity index (χ0n) is 10.4. The van der Waals surface area contributed by atoms with Crippen molar-refractivity contribution in [2.75, 3.05) is 0 Å². The summed E-state index contributed by atoms with van der Waals surface area (Å²) in [6.45, 7) is 11.8. The van der Waals surface area contributed by atoms with Gasteiger partial charge in [0.25, 0.3) is 0 Å². The Hall–Kier alpha value is 0.855. The van der Waals surface area contributed by atoms with E-state index in [0.717, 1.165) is 0 Å². The van der Waals surface area contributed by atoms with Crippen LogP contribution in [0.1, 0.15) is 41.5 Å². The molecule has 0 bridgehead atoms. The fourth-order valence-corrected chi connectivity index (χ4v) is 3.94. The van der Waals surface area contributed by atoms with Gasteiger partial charge in [-0.05, 0) is 41.5 Å². The quantitative estimate of drug-likeness (QED) is 0.526. The minimum absolute atomic E-state index is 0.0737. The van der Waals surface area contributed by atoms with E-state index in [1.165, 1.54) is 0 Å². The standard InChI is InChI=1S/C9H21BBrO3P/c1-7(2)12-15(10-11,13-8(3)4)14-9(5)6/h7-9H,1-6H3. The Labute approximate surface area is 103 Å². The van der Waals surface area contributed by atoms with Gasteiger partial charge in [0, 0.05) is 0 Å². The van der Waals surface area contributed by atoms with Crippen LogP contribution >= 0.6 is 23.6 Å². The molecule has 0 rings (SSSR count). The summed E-state index contributed by atoms with van der Waals surface area (Å²) < 4.78 is 17.3. The molecule has 0 aromatic rings. The van der Waals surface area contributed by atoms with E-state index in [9.17, 15) is 0 Å². The van der Waals surface area contributed by atoms with E-state index in [4.69, 9.17) is 13.6 Å². The van der Waals surface area contributed by atoms with Crippen molar-refractivity contribution >= 4 is 29.4 Å². The Morgan fingerprint density at radius 1 is 0.800 bits per heavy atom. The summed E-state index contributed by atoms with van der Waals surface area (Å²) in [6, 6.07) is 0. The first-order valence-electron chi connectivity index (χ1n) is 5.20. The number of halogens is 1. The number of rotatable bonds is 7. The lowest BCUT2D eigenvalue weighted by Crippen LogP contribution is -2.20. The summed E-state index contributed by atoms with van der Waals surface area (Å²) in [7, 11) is -2.35. The molecular formula is C9H21BBrO3P. The Kier molecular flexibility index (Phi) is 7.65. The molecule has 15 heavy (non-hydrogen) atoms. The van der Waals surface area contributed by atoms with Crippen molar-refractivity contribution in [2.45, 2.75) is 59.9 Å². The molecule has 0 amide bonds. The van der Waals surface area contributed by atoms with Crippen LogP contribution in [0.5, 0.6) is 0 Å². The topological polar surface area (TPSA) is 27.7 Å². The van der Waals surface area contributed by atoms with Crippen LogP contribution in [0, 0.1) is 0 Å². The van der Waals surface area contributed by atoms with Crippen LogP contribution < -0.4 is 0 Å². The summed E-state index contributed by atoms with van der Waals surface area (Å²) >= 11 is 3.31. The van der Waals surface area contributed by atoms with Gasteiger partial charge < -0.3 is 15.8 Å². The van der Waals surface area contributed by atoms with Crippen LogP contribution in [0.15, 0.2) is 0 Å². The SMILES string of the molecule is CC(C)O[P+]([B-]Br)(OC(C)C)OC(C)C. The first-order chi connectivity index (χ1) is 6.81. The molecule has 90 valence electrons. The van der Waals surface area contributed by atoms with Crippen molar-refractivity contribution in [2.24, 2.45) is 0 Å². The highest BCUT2D eigenvalue weighted by molar-refractivity contribution is 9.26. The van der Waals surface area contributed by atoms with Crippen molar-refractivity contribution < 1.29 is 13.6 Å². The lowest BCUT2D eigenvalue weighted by atomic mass is 10.5. The van der Waals surface area contributed by atoms with Crippen LogP contribution in [0.25, 0.3) is 0 Å². The summed E-state index contributed by atoms with van der Waals surface area (Å²) in [5, 5.41) is 0. The first-order valence-corrected chi connectivity index (χ1v) is 7.72. The molecule has 6 heteroatoms. The Morgan fingerprint density at radius 3 is 1.20 bits per heavy atom. The smallest absolute Gasteiger partial charge is 0.183 e. The van der Waals surface area contributed by atoms with Crippen molar-refractivity contribution in [1.82, 2.24) is 0 Å². The zero-order valence-corrected chi connectivity index (χ0v) is 12.8. The van der Waals surface area contributed by atoms with E-state index in [-0.39, 0.29) is 18.3 Å². The maximum absolute atomic E-state index is 5.77. The van der Waals surface area contributed by atoms with Crippen LogP contribution in [0.3, 0.4) is 0 Å². The zero-order chi connectivity index (χ0) is 12.1. The predicted molar refractivity (Wildman–Crippen MR) is 70.3 cm³/mol. The average Bonchev–Trinajstić information content (AvgIpc) is 1.99. The van der Waals surface area contributed by atoms with Crippen LogP contribution in [-0.4, -0.2) is 24.1 Å². The van der Waals surface area contributed by atoms with Gasteiger partial charge >= 0.3 is 0 Å². The molecule has 0 aliphatic rings. The molecule has 0 N–H and O–H groups in total. The molecule has 0 heterocycles. The van der Waals surface area contributed by atoms with Crippen molar-refractivity contribution in [1.29, 1.82) is 0 Å². The van der Waals surface area contributed by atoms with E-state index < -0.39 is 7.82 Å². The fourth-order valence-electron chi connectivity index (χ4n) is 1.03. The molecule has 0 aliphatic carbocycles. The molecule has 0 aromatic carbocycles. The Balaban J connectivity index is 4.59. The van der Waals surface area contributed by atoms with Crippen molar-refractivity contribution in [3.63, 3.8) is 0 Å². The molecule has 0 aromatic heterocycles. The highest BCUT2D eigenvalue weighted by Gasteiger charge is 2.35. The first kappa shape index (κ1) is 15.9. The second kappa shape index (κ2) is 7.23. The number of hydrogen-bond donors (Lipinski definition) is 0. The Morgan fingerprint density at radius 2 is 1.07 bits per heavy atom. The molecule has 0 atom stereocenters. The van der Waals surface area contributed by atoms with Gasteiger partial charge in [0.05, 0.1) is 18.3 Å². The molecule has 0 saturated carbocycles. The van der Waals surface area contributed by atoms with Gasteiger partial charge in [-0.3, -0.25) is 0 Å². The molecular weight excluding hydrogens is 278 g/mol. The largest absolute Gasteiger partial charge is 0.369 e. The summed E-state index contributed by atoms with van der Waals surface area (Å²) in [4.78, 5) is 0. The van der Waals surface area contributed by atoms with E-state index in [2.05, 4.69) is 15.8 Å². The van der Waals surface area contributed by atoms with Gasteiger partial charge in [-0.25, -0.2) is 13.6 Å². The van der Waals surface area contributed by atoms with Crippen LogP contribution in [-0.2, 0) is 13.6 Å². The predicted octanol–water partition coefficient (Wildman–Crippen LogP) is 3.95. The average molecular weight is 299 g/mol. The van der Waals surface area contributed by atoms with E-state index >= 15 is 0 Å². The second-order valence-electron chi connectivity index (χ2n) is 4.10. The highest BCUT2D eigenvalue weighted by atomic mass is 79.9. The van der Waals surface area contributed by atoms with E-state index in [1.54, 1.807) is 5.82 Å².